The molecule has 5 aromatic carbocycles. The van der Waals surface area contributed by atoms with Crippen LogP contribution >= 0.6 is 0 Å². The third-order valence-electron chi connectivity index (χ3n) is 16.9. The number of likely N-dealkylation sites (N-methyl/N-ethyl adjacent to an activating group) is 2. The summed E-state index contributed by atoms with van der Waals surface area (Å²) in [5.74, 6) is 2.53. The Morgan fingerprint density at radius 2 is 0.634 bits per heavy atom. The average molecular weight is 1280 g/mol. The summed E-state index contributed by atoms with van der Waals surface area (Å²) in [6.45, 7) is 42.9. The summed E-state index contributed by atoms with van der Waals surface area (Å²) in [4.78, 5) is 69.0. The SMILES string of the molecule is CC(C)c1ccc(C(=O)NCCN)cc1.CC(C)c1ccc(C(=O)NCCN2CCCCC2)cc1.CC(C)c1ccc(C(=O)NCCN2CCN(C)CC2)cc1.CC(C)c1ccc(C(=O)NCCN2CCNCC2)cc1.CCNCCNC(=O)c1ccc(C(C)C)cc1. The number of nitrogens with one attached hydrogen (secondary N) is 7. The van der Waals surface area contributed by atoms with Crippen LogP contribution in [0.1, 0.15) is 205 Å². The maximum Gasteiger partial charge on any atom is 0.251 e. The van der Waals surface area contributed by atoms with E-state index in [9.17, 15) is 24.0 Å². The minimum absolute atomic E-state index is 0.00166. The summed E-state index contributed by atoms with van der Waals surface area (Å²) >= 11 is 0. The molecule has 5 aromatic rings. The van der Waals surface area contributed by atoms with Gasteiger partial charge in [0.1, 0.15) is 0 Å². The molecule has 17 heteroatoms. The summed E-state index contributed by atoms with van der Waals surface area (Å²) < 4.78 is 0. The van der Waals surface area contributed by atoms with Crippen molar-refractivity contribution in [2.75, 3.05) is 144 Å². The molecule has 0 aromatic heterocycles. The average Bonchev–Trinajstić information content (AvgIpc) is 2.85. The molecule has 5 amide bonds. The smallest absolute Gasteiger partial charge is 0.251 e. The van der Waals surface area contributed by atoms with Crippen molar-refractivity contribution in [1.29, 1.82) is 0 Å². The summed E-state index contributed by atoms with van der Waals surface area (Å²) in [6, 6.07) is 39.2. The van der Waals surface area contributed by atoms with Crippen molar-refractivity contribution in [3.63, 3.8) is 0 Å². The van der Waals surface area contributed by atoms with Crippen LogP contribution < -0.4 is 43.0 Å². The first-order valence-corrected chi connectivity index (χ1v) is 34.6. The normalized spacial score (nSPS) is 14.5. The lowest BCUT2D eigenvalue weighted by Gasteiger charge is -2.32. The molecule has 9 N–H and O–H groups in total. The van der Waals surface area contributed by atoms with Crippen LogP contribution in [-0.2, 0) is 0 Å². The van der Waals surface area contributed by atoms with Gasteiger partial charge in [-0.25, -0.2) is 0 Å². The van der Waals surface area contributed by atoms with Crippen LogP contribution in [0, 0.1) is 0 Å². The van der Waals surface area contributed by atoms with E-state index in [0.717, 1.165) is 114 Å². The Bertz CT molecular complexity index is 2780. The number of piperidine rings is 1. The lowest BCUT2D eigenvalue weighted by atomic mass is 10.0. The second-order valence-electron chi connectivity index (χ2n) is 25.9. The number of hydrogen-bond acceptors (Lipinski definition) is 12. The molecule has 0 saturated carbocycles. The van der Waals surface area contributed by atoms with E-state index >= 15 is 0 Å². The molecule has 3 aliphatic rings. The third-order valence-corrected chi connectivity index (χ3v) is 16.9. The van der Waals surface area contributed by atoms with Crippen LogP contribution in [0.5, 0.6) is 0 Å². The van der Waals surface area contributed by atoms with Gasteiger partial charge in [-0.1, -0.05) is 143 Å². The Morgan fingerprint density at radius 3 is 0.914 bits per heavy atom. The molecule has 0 unspecified atom stereocenters. The Labute approximate surface area is 559 Å². The second-order valence-corrected chi connectivity index (χ2v) is 25.9. The van der Waals surface area contributed by atoms with Crippen LogP contribution in [0.15, 0.2) is 121 Å². The van der Waals surface area contributed by atoms with Crippen molar-refractivity contribution in [1.82, 2.24) is 56.8 Å². The molecule has 8 rings (SSSR count). The molecule has 3 fully saturated rings. The Balaban J connectivity index is 0.000000249. The monoisotopic (exact) mass is 1280 g/mol. The number of piperazine rings is 2. The van der Waals surface area contributed by atoms with E-state index in [-0.39, 0.29) is 29.5 Å². The van der Waals surface area contributed by atoms with Gasteiger partial charge in [0.15, 0.2) is 0 Å². The van der Waals surface area contributed by atoms with Crippen LogP contribution in [0.3, 0.4) is 0 Å². The molecule has 3 heterocycles. The van der Waals surface area contributed by atoms with Gasteiger partial charge in [-0.3, -0.25) is 33.8 Å². The number of amides is 5. The molecule has 93 heavy (non-hydrogen) atoms. The van der Waals surface area contributed by atoms with Crippen molar-refractivity contribution in [2.45, 2.75) is 125 Å². The summed E-state index contributed by atoms with van der Waals surface area (Å²) in [6.07, 6.45) is 3.94. The molecule has 0 spiro atoms. The first kappa shape index (κ1) is 78.6. The van der Waals surface area contributed by atoms with Crippen molar-refractivity contribution in [3.05, 3.63) is 177 Å². The van der Waals surface area contributed by atoms with Crippen molar-refractivity contribution in [3.8, 4) is 0 Å². The van der Waals surface area contributed by atoms with E-state index in [1.807, 2.05) is 128 Å². The van der Waals surface area contributed by atoms with Crippen molar-refractivity contribution in [2.24, 2.45) is 5.73 Å². The molecule has 17 nitrogen and oxygen atoms in total. The number of rotatable bonds is 25. The van der Waals surface area contributed by atoms with Crippen LogP contribution in [0.4, 0.5) is 0 Å². The largest absolute Gasteiger partial charge is 0.351 e. The van der Waals surface area contributed by atoms with E-state index in [2.05, 4.69) is 133 Å². The third kappa shape index (κ3) is 31.3. The van der Waals surface area contributed by atoms with Crippen LogP contribution in [0.25, 0.3) is 0 Å². The fourth-order valence-electron chi connectivity index (χ4n) is 10.4. The van der Waals surface area contributed by atoms with E-state index in [0.29, 0.717) is 67.9 Å². The number of nitrogens with two attached hydrogens (primary N) is 1. The lowest BCUT2D eigenvalue weighted by Crippen LogP contribution is -2.46. The molecule has 0 bridgehead atoms. The fraction of sp³-hybridized carbons (Fsp3) is 0.539. The molecule has 0 radical (unpaired) electrons. The Kier molecular flexibility index (Phi) is 37.8. The fourth-order valence-corrected chi connectivity index (χ4v) is 10.4. The standard InChI is InChI=1S/C17H27N3O.C17H26N2O.C16H25N3O.C14H22N2O.C12H18N2O/c1-14(2)15-4-6-16(7-5-15)17(21)18-8-9-20-12-10-19(3)11-13-20;1-14(2)15-6-8-16(9-7-15)17(20)18-10-13-19-11-4-3-5-12-19;1-13(2)14-3-5-15(6-4-14)16(20)18-9-12-19-10-7-17-8-11-19;1-4-15-9-10-16-14(17)13-7-5-12(6-8-13)11(2)3;1-9(2)10-3-5-11(6-4-10)12(15)14-8-7-13/h4-7,14H,8-13H2,1-3H3,(H,18,21);6-9,14H,3-5,10-13H2,1-2H3,(H,18,20);3-6,13,17H,7-12H2,1-2H3,(H,18,20);5-8,11,15H,4,9-10H2,1-3H3,(H,16,17);3-6,9H,7-8,13H2,1-2H3,(H,14,15). The van der Waals surface area contributed by atoms with Gasteiger partial charge in [0.2, 0.25) is 0 Å². The van der Waals surface area contributed by atoms with Gasteiger partial charge >= 0.3 is 0 Å². The number of hydrogen-bond donors (Lipinski definition) is 8. The molecule has 0 atom stereocenters. The van der Waals surface area contributed by atoms with E-state index < -0.39 is 0 Å². The first-order chi connectivity index (χ1) is 44.7. The predicted molar refractivity (Wildman–Crippen MR) is 385 cm³/mol. The zero-order valence-electron chi connectivity index (χ0n) is 58.8. The van der Waals surface area contributed by atoms with Gasteiger partial charge in [0.05, 0.1) is 0 Å². The topological polar surface area (TPSA) is 209 Å². The van der Waals surface area contributed by atoms with Gasteiger partial charge in [-0.05, 0) is 158 Å². The van der Waals surface area contributed by atoms with Gasteiger partial charge in [-0.2, -0.15) is 0 Å². The van der Waals surface area contributed by atoms with Crippen LogP contribution in [-0.4, -0.2) is 194 Å². The zero-order chi connectivity index (χ0) is 67.9. The zero-order valence-corrected chi connectivity index (χ0v) is 58.8. The van der Waals surface area contributed by atoms with E-state index in [4.69, 9.17) is 5.73 Å². The molecule has 3 saturated heterocycles. The predicted octanol–water partition coefficient (Wildman–Crippen LogP) is 9.91. The maximum absolute atomic E-state index is 12.1. The number of benzene rings is 5. The summed E-state index contributed by atoms with van der Waals surface area (Å²) in [5.41, 5.74) is 15.3. The lowest BCUT2D eigenvalue weighted by molar-refractivity contribution is 0.0934. The number of carbonyl (C=O) groups is 5. The maximum atomic E-state index is 12.1. The highest BCUT2D eigenvalue weighted by atomic mass is 16.2. The molecular weight excluding hydrogens is 1160 g/mol. The number of nitrogens with zero attached hydrogens (tertiary/aromatic N) is 4. The van der Waals surface area contributed by atoms with Gasteiger partial charge in [0.25, 0.3) is 29.5 Å². The molecule has 512 valence electrons. The van der Waals surface area contributed by atoms with Crippen molar-refractivity contribution < 1.29 is 24.0 Å². The Hall–Kier alpha value is -6.83. The van der Waals surface area contributed by atoms with E-state index in [1.165, 1.54) is 60.2 Å². The van der Waals surface area contributed by atoms with Crippen LogP contribution in [0.2, 0.25) is 0 Å². The van der Waals surface area contributed by atoms with Crippen molar-refractivity contribution >= 4 is 29.5 Å². The highest BCUT2D eigenvalue weighted by molar-refractivity contribution is 5.96. The second kappa shape index (κ2) is 44.7. The first-order valence-electron chi connectivity index (χ1n) is 34.6. The number of carbonyl (C=O) groups excluding carboxylic acids is 5. The minimum atomic E-state index is -0.0595. The van der Waals surface area contributed by atoms with Gasteiger partial charge in [0, 0.05) is 146 Å². The summed E-state index contributed by atoms with van der Waals surface area (Å²) in [7, 11) is 2.15. The van der Waals surface area contributed by atoms with Gasteiger partial charge < -0.3 is 52.8 Å². The van der Waals surface area contributed by atoms with E-state index in [1.54, 1.807) is 0 Å². The Morgan fingerprint density at radius 1 is 0.366 bits per heavy atom. The highest BCUT2D eigenvalue weighted by Gasteiger charge is 2.16. The quantitative estimate of drug-likeness (QED) is 0.0257. The highest BCUT2D eigenvalue weighted by Crippen LogP contribution is 2.19. The summed E-state index contributed by atoms with van der Waals surface area (Å²) in [5, 5.41) is 21.1. The molecular formula is C76H118N12O5. The van der Waals surface area contributed by atoms with Gasteiger partial charge in [-0.15, -0.1) is 0 Å². The number of likely N-dealkylation sites (tertiary alicyclic amines) is 1. The minimum Gasteiger partial charge on any atom is -0.351 e. The molecule has 3 aliphatic heterocycles. The molecule has 0 aliphatic carbocycles.